The van der Waals surface area contributed by atoms with Gasteiger partial charge >= 0.3 is 59.1 Å². The summed E-state index contributed by atoms with van der Waals surface area (Å²) in [4.78, 5) is 0.139. The maximum absolute atomic E-state index is 11.4. The van der Waals surface area contributed by atoms with Gasteiger partial charge in [-0.05, 0) is 32.8 Å². The Bertz CT molecular complexity index is 563. The van der Waals surface area contributed by atoms with Crippen LogP contribution in [0.1, 0.15) is 26.8 Å². The molecule has 1 aromatic rings. The van der Waals surface area contributed by atoms with Gasteiger partial charge in [0.25, 0.3) is 10.1 Å². The van der Waals surface area contributed by atoms with Crippen LogP contribution in [-0.2, 0) is 42.7 Å². The topological polar surface area (TPSA) is 206 Å². The van der Waals surface area contributed by atoms with Gasteiger partial charge in [-0.1, -0.05) is 32.0 Å². The van der Waals surface area contributed by atoms with Crippen molar-refractivity contribution in [2.24, 2.45) is 0 Å². The van der Waals surface area contributed by atoms with Crippen molar-refractivity contribution < 1.29 is 126 Å². The van der Waals surface area contributed by atoms with Crippen LogP contribution in [0.25, 0.3) is 0 Å². The number of hydrogen-bond donors (Lipinski definition) is 3. The van der Waals surface area contributed by atoms with E-state index in [9.17, 15) is 8.42 Å². The maximum Gasteiger partial charge on any atom is 1.00 e. The number of aliphatic hydroxyl groups excluding tert-OH is 3. The normalized spacial score (nSPS) is 8.62. The van der Waals surface area contributed by atoms with Crippen molar-refractivity contribution in [3.05, 3.63) is 29.8 Å². The summed E-state index contributed by atoms with van der Waals surface area (Å²) in [5, 5.41) is 40.0. The van der Waals surface area contributed by atoms with E-state index >= 15 is 0 Å². The number of benzene rings is 1. The van der Waals surface area contributed by atoms with Crippen LogP contribution in [0.3, 0.4) is 0 Å². The van der Waals surface area contributed by atoms with Gasteiger partial charge in [-0.25, -0.2) is 4.18 Å². The molecule has 17 heteroatoms. The van der Waals surface area contributed by atoms with Crippen LogP contribution in [0.4, 0.5) is 0 Å². The zero-order valence-corrected chi connectivity index (χ0v) is 29.0. The molecule has 0 unspecified atom stereocenters. The molecule has 0 bridgehead atoms. The fourth-order valence-corrected chi connectivity index (χ4v) is 2.00. The van der Waals surface area contributed by atoms with Crippen LogP contribution in [0.15, 0.2) is 29.2 Å². The Labute approximate surface area is 279 Å². The van der Waals surface area contributed by atoms with E-state index in [-0.39, 0.29) is 105 Å². The summed E-state index contributed by atoms with van der Waals surface area (Å²) in [6.07, 6.45) is 0. The average Bonchev–Trinajstić information content (AvgIpc) is 2.87. The molecule has 3 N–H and O–H groups in total. The fourth-order valence-electron chi connectivity index (χ4n) is 1.17. The van der Waals surface area contributed by atoms with Crippen molar-refractivity contribution >= 4 is 10.1 Å². The maximum atomic E-state index is 11.4. The summed E-state index contributed by atoms with van der Waals surface area (Å²) >= 11 is 0. The second kappa shape index (κ2) is 54.7. The van der Waals surface area contributed by atoms with Crippen LogP contribution in [0.5, 0.6) is 0 Å². The first kappa shape index (κ1) is 59.2. The zero-order valence-electron chi connectivity index (χ0n) is 24.2. The molecule has 1 aromatic carbocycles. The van der Waals surface area contributed by atoms with Crippen molar-refractivity contribution in [2.45, 2.75) is 33.1 Å². The van der Waals surface area contributed by atoms with Gasteiger partial charge in [-0.2, -0.15) is 8.42 Å². The van der Waals surface area contributed by atoms with Crippen LogP contribution in [-0.4, -0.2) is 106 Å². The van der Waals surface area contributed by atoms with Crippen LogP contribution in [0, 0.1) is 6.92 Å². The summed E-state index contributed by atoms with van der Waals surface area (Å²) in [6.45, 7) is 4.97. The molecule has 0 atom stereocenters. The summed E-state index contributed by atoms with van der Waals surface area (Å²) < 4.78 is 54.0. The summed E-state index contributed by atoms with van der Waals surface area (Å²) in [6, 6.07) is 6.42. The van der Waals surface area contributed by atoms with Crippen LogP contribution >= 0.6 is 0 Å². The summed E-state index contributed by atoms with van der Waals surface area (Å²) in [7, 11) is 2.23. The third kappa shape index (κ3) is 63.3. The number of aryl methyl sites for hydroxylation is 1. The van der Waals surface area contributed by atoms with Crippen molar-refractivity contribution in [1.29, 1.82) is 0 Å². The summed E-state index contributed by atoms with van der Waals surface area (Å²) in [5.41, 5.74) is 0.996. The minimum atomic E-state index is -3.66. The molecule has 0 saturated carbocycles. The Morgan fingerprint density at radius 1 is 0.744 bits per heavy atom. The molecule has 228 valence electrons. The Kier molecular flexibility index (Phi) is 83.0. The first-order valence-corrected chi connectivity index (χ1v) is 11.6. The van der Waals surface area contributed by atoms with Crippen LogP contribution in [0.2, 0.25) is 0 Å². The first-order valence-electron chi connectivity index (χ1n) is 10.2. The van der Waals surface area contributed by atoms with E-state index in [0.29, 0.717) is 6.79 Å². The van der Waals surface area contributed by atoms with Crippen molar-refractivity contribution in [1.82, 2.24) is 0 Å². The van der Waals surface area contributed by atoms with Gasteiger partial charge in [0.15, 0.2) is 6.79 Å². The Morgan fingerprint density at radius 3 is 1.33 bits per heavy atom. The predicted octanol–water partition coefficient (Wildman–Crippen LogP) is -6.62. The van der Waals surface area contributed by atoms with E-state index in [1.165, 1.54) is 33.5 Å². The summed E-state index contributed by atoms with van der Waals surface area (Å²) in [5.74, 6) is 0. The van der Waals surface area contributed by atoms with E-state index in [4.69, 9.17) is 30.3 Å². The van der Waals surface area contributed by atoms with E-state index < -0.39 is 16.9 Å². The molecule has 0 radical (unpaired) electrons. The Morgan fingerprint density at radius 2 is 1.10 bits per heavy atom. The van der Waals surface area contributed by atoms with Gasteiger partial charge in [0.2, 0.25) is 0 Å². The van der Waals surface area contributed by atoms with E-state index in [0.717, 1.165) is 12.2 Å². The second-order valence-corrected chi connectivity index (χ2v) is 6.88. The Balaban J connectivity index is -0.0000000548. The average molecular weight is 615 g/mol. The molecule has 14 nitrogen and oxygen atoms in total. The largest absolute Gasteiger partial charge is 1.00 e. The number of methoxy groups -OCH3 is 4. The predicted molar refractivity (Wildman–Crippen MR) is 133 cm³/mol. The molecular weight excluding hydrogens is 566 g/mol. The molecule has 0 aliphatic carbocycles. The van der Waals surface area contributed by atoms with Crippen molar-refractivity contribution in [2.75, 3.05) is 82.4 Å². The molecule has 0 saturated heterocycles. The van der Waals surface area contributed by atoms with E-state index in [2.05, 4.69) is 27.9 Å². The number of rotatable bonds is 11. The third-order valence-corrected chi connectivity index (χ3v) is 3.71. The molecule has 0 heterocycles. The zero-order chi connectivity index (χ0) is 29.1. The second-order valence-electron chi connectivity index (χ2n) is 5.27. The van der Waals surface area contributed by atoms with Gasteiger partial charge in [-0.15, -0.1) is 6.61 Å². The molecule has 0 aliphatic heterocycles. The molecule has 0 aliphatic rings. The number of ether oxygens (including phenoxy) is 6. The molecular formula is C22H48Na2O14S. The number of aliphatic hydroxyl groups is 3. The van der Waals surface area contributed by atoms with Crippen molar-refractivity contribution in [3.8, 4) is 0 Å². The van der Waals surface area contributed by atoms with Gasteiger partial charge in [-0.3, -0.25) is 0 Å². The SMILES string of the molecule is C.CCOCOC.CC[O-].COCO.COCOCO.COCOS(=O)(=O)c1ccc(C)cc1.[Na+].[Na+].[O-]CO. The molecule has 0 amide bonds. The Hall–Kier alpha value is 0.690. The minimum absolute atomic E-state index is 0. The van der Waals surface area contributed by atoms with Gasteiger partial charge in [0.05, 0.1) is 4.90 Å². The molecule has 0 aromatic heterocycles. The van der Waals surface area contributed by atoms with E-state index in [1.54, 1.807) is 26.2 Å². The van der Waals surface area contributed by atoms with Crippen LogP contribution < -0.4 is 69.3 Å². The van der Waals surface area contributed by atoms with Gasteiger partial charge in [0.1, 0.15) is 27.2 Å². The number of hydrogen-bond acceptors (Lipinski definition) is 14. The quantitative estimate of drug-likeness (QED) is 0.0918. The monoisotopic (exact) mass is 614 g/mol. The smallest absolute Gasteiger partial charge is 0.855 e. The fraction of sp³-hybridized carbons (Fsp3) is 0.727. The van der Waals surface area contributed by atoms with Gasteiger partial charge < -0.3 is 54.0 Å². The molecule has 39 heavy (non-hydrogen) atoms. The van der Waals surface area contributed by atoms with Crippen molar-refractivity contribution in [3.63, 3.8) is 0 Å². The minimum Gasteiger partial charge on any atom is -0.855 e. The molecule has 1 rings (SSSR count). The first-order chi connectivity index (χ1) is 17.1. The van der Waals surface area contributed by atoms with E-state index in [1.807, 2.05) is 13.8 Å². The third-order valence-electron chi connectivity index (χ3n) is 2.46. The standard InChI is InChI=1S/C9H12O4S.C4H10O2.C3H8O3.C2H6O2.C2H5O.CH3O2.CH4.2Na/c1-8-3-5-9(6-4-8)14(10,11)13-7-12-2;1-3-6-4-5-2;1-5-3-6-2-4;1-4-2-3;1-2-3;2-1-3;;;/h3-6H,7H2,1-2H3;3-4H2,1-2H3;4H,2-3H2,1H3;3H,2H2,1H3;2H2,1H3;2H,1H2;1H4;;/q;;;;2*-1;;2*+1. The molecule has 0 fully saturated rings. The molecule has 0 spiro atoms. The van der Waals surface area contributed by atoms with Gasteiger partial charge in [0, 0.05) is 35.0 Å².